The van der Waals surface area contributed by atoms with Crippen LogP contribution in [0.3, 0.4) is 0 Å². The average Bonchev–Trinajstić information content (AvgIpc) is 2.75. The topological polar surface area (TPSA) is 69.6 Å². The van der Waals surface area contributed by atoms with Gasteiger partial charge in [-0.15, -0.1) is 11.8 Å². The number of carboxylic acids is 1. The molecule has 0 spiro atoms. The Morgan fingerprint density at radius 2 is 1.95 bits per heavy atom. The number of urea groups is 1. The van der Waals surface area contributed by atoms with Gasteiger partial charge in [-0.05, 0) is 18.2 Å². The van der Waals surface area contributed by atoms with E-state index < -0.39 is 17.4 Å². The van der Waals surface area contributed by atoms with Crippen molar-refractivity contribution in [1.82, 2.24) is 4.90 Å². The van der Waals surface area contributed by atoms with Crippen molar-refractivity contribution in [2.24, 2.45) is 0 Å². The Bertz CT molecular complexity index is 506. The molecular formula is C11H10Cl2N2O3S. The van der Waals surface area contributed by atoms with Gasteiger partial charge in [0.2, 0.25) is 0 Å². The predicted octanol–water partition coefficient (Wildman–Crippen LogP) is 2.98. The Hall–Kier alpha value is -1.11. The summed E-state index contributed by atoms with van der Waals surface area (Å²) < 4.78 is 0. The molecule has 1 aliphatic heterocycles. The molecule has 2 rings (SSSR count). The standard InChI is InChI=1S/C11H10Cl2N2O3S/c12-6-3-7(13)5-8(4-6)14-11(18)15-1-2-19-9(15)10(16)17/h3-5,9H,1-2H2,(H,14,18)(H,16,17). The van der Waals surface area contributed by atoms with Gasteiger partial charge in [0.05, 0.1) is 0 Å². The van der Waals surface area contributed by atoms with E-state index in [1.807, 2.05) is 0 Å². The van der Waals surface area contributed by atoms with Crippen LogP contribution < -0.4 is 5.32 Å². The molecule has 2 amide bonds. The molecule has 0 radical (unpaired) electrons. The zero-order valence-corrected chi connectivity index (χ0v) is 11.9. The Morgan fingerprint density at radius 3 is 2.53 bits per heavy atom. The molecule has 1 atom stereocenters. The van der Waals surface area contributed by atoms with Crippen LogP contribution in [0.2, 0.25) is 10.0 Å². The van der Waals surface area contributed by atoms with E-state index in [0.717, 1.165) is 0 Å². The van der Waals surface area contributed by atoms with Crippen molar-refractivity contribution in [1.29, 1.82) is 0 Å². The lowest BCUT2D eigenvalue weighted by atomic mass is 10.3. The van der Waals surface area contributed by atoms with Crippen molar-refractivity contribution in [2.45, 2.75) is 5.37 Å². The van der Waals surface area contributed by atoms with Gasteiger partial charge in [-0.25, -0.2) is 9.59 Å². The number of nitrogens with zero attached hydrogens (tertiary/aromatic N) is 1. The van der Waals surface area contributed by atoms with Crippen LogP contribution in [0.1, 0.15) is 0 Å². The number of carbonyl (C=O) groups excluding carboxylic acids is 1. The van der Waals surface area contributed by atoms with Gasteiger partial charge in [0, 0.05) is 28.0 Å². The fraction of sp³-hybridized carbons (Fsp3) is 0.273. The molecule has 1 saturated heterocycles. The molecule has 1 aliphatic rings. The first-order valence-corrected chi connectivity index (χ1v) is 7.16. The summed E-state index contributed by atoms with van der Waals surface area (Å²) in [6, 6.07) is 4.16. The minimum atomic E-state index is -1.03. The van der Waals surface area contributed by atoms with Crippen molar-refractivity contribution in [3.05, 3.63) is 28.2 Å². The number of benzene rings is 1. The fourth-order valence-electron chi connectivity index (χ4n) is 1.70. The molecule has 19 heavy (non-hydrogen) atoms. The summed E-state index contributed by atoms with van der Waals surface area (Å²) in [4.78, 5) is 24.3. The fourth-order valence-corrected chi connectivity index (χ4v) is 3.28. The molecule has 102 valence electrons. The third-order valence-corrected chi connectivity index (χ3v) is 4.10. The molecule has 1 unspecified atom stereocenters. The van der Waals surface area contributed by atoms with Gasteiger partial charge in [-0.1, -0.05) is 23.2 Å². The summed E-state index contributed by atoms with van der Waals surface area (Å²) in [5.74, 6) is -0.428. The van der Waals surface area contributed by atoms with Crippen molar-refractivity contribution >= 4 is 52.7 Å². The summed E-state index contributed by atoms with van der Waals surface area (Å²) in [6.45, 7) is 0.391. The molecule has 0 bridgehead atoms. The van der Waals surface area contributed by atoms with Crippen LogP contribution >= 0.6 is 35.0 Å². The number of anilines is 1. The van der Waals surface area contributed by atoms with E-state index in [1.54, 1.807) is 18.2 Å². The first kappa shape index (κ1) is 14.3. The largest absolute Gasteiger partial charge is 0.479 e. The zero-order chi connectivity index (χ0) is 14.0. The molecule has 1 aromatic carbocycles. The van der Waals surface area contributed by atoms with E-state index in [0.29, 0.717) is 28.0 Å². The zero-order valence-electron chi connectivity index (χ0n) is 9.60. The molecule has 1 fully saturated rings. The Kier molecular flexibility index (Phi) is 4.44. The summed E-state index contributed by atoms with van der Waals surface area (Å²) in [7, 11) is 0. The van der Waals surface area contributed by atoms with Crippen LogP contribution in [0, 0.1) is 0 Å². The molecule has 1 heterocycles. The SMILES string of the molecule is O=C(O)C1SCCN1C(=O)Nc1cc(Cl)cc(Cl)c1. The van der Waals surface area contributed by atoms with Gasteiger partial charge in [0.25, 0.3) is 0 Å². The maximum Gasteiger partial charge on any atom is 0.337 e. The maximum atomic E-state index is 12.0. The highest BCUT2D eigenvalue weighted by molar-refractivity contribution is 8.00. The molecule has 0 aromatic heterocycles. The summed E-state index contributed by atoms with van der Waals surface area (Å²) in [5.41, 5.74) is 0.434. The summed E-state index contributed by atoms with van der Waals surface area (Å²) in [5, 5.41) is 11.5. The van der Waals surface area contributed by atoms with Gasteiger partial charge in [-0.3, -0.25) is 0 Å². The normalized spacial score (nSPS) is 18.4. The second-order valence-electron chi connectivity index (χ2n) is 3.84. The van der Waals surface area contributed by atoms with E-state index in [9.17, 15) is 9.59 Å². The lowest BCUT2D eigenvalue weighted by molar-refractivity contribution is -0.138. The molecular weight excluding hydrogens is 311 g/mol. The number of hydrogen-bond donors (Lipinski definition) is 2. The lowest BCUT2D eigenvalue weighted by Crippen LogP contribution is -2.41. The van der Waals surface area contributed by atoms with Crippen LogP contribution in [0.15, 0.2) is 18.2 Å². The smallest absolute Gasteiger partial charge is 0.337 e. The van der Waals surface area contributed by atoms with Gasteiger partial charge >= 0.3 is 12.0 Å². The highest BCUT2D eigenvalue weighted by atomic mass is 35.5. The van der Waals surface area contributed by atoms with Gasteiger partial charge in [0.15, 0.2) is 5.37 Å². The van der Waals surface area contributed by atoms with Crippen molar-refractivity contribution in [2.75, 3.05) is 17.6 Å². The van der Waals surface area contributed by atoms with E-state index in [2.05, 4.69) is 5.32 Å². The predicted molar refractivity (Wildman–Crippen MR) is 76.1 cm³/mol. The Labute approximate surface area is 123 Å². The Balaban J connectivity index is 2.10. The van der Waals surface area contributed by atoms with Crippen LogP contribution in [-0.2, 0) is 4.79 Å². The second kappa shape index (κ2) is 5.90. The third kappa shape index (κ3) is 3.46. The number of carbonyl (C=O) groups is 2. The molecule has 2 N–H and O–H groups in total. The average molecular weight is 321 g/mol. The number of amides is 2. The van der Waals surface area contributed by atoms with Crippen molar-refractivity contribution in [3.63, 3.8) is 0 Å². The second-order valence-corrected chi connectivity index (χ2v) is 5.90. The molecule has 5 nitrogen and oxygen atoms in total. The molecule has 0 aliphatic carbocycles. The maximum absolute atomic E-state index is 12.0. The third-order valence-electron chi connectivity index (χ3n) is 2.48. The van der Waals surface area contributed by atoms with Crippen LogP contribution in [0.4, 0.5) is 10.5 Å². The first-order valence-electron chi connectivity index (χ1n) is 5.35. The lowest BCUT2D eigenvalue weighted by Gasteiger charge is -2.21. The van der Waals surface area contributed by atoms with E-state index in [4.69, 9.17) is 28.3 Å². The quantitative estimate of drug-likeness (QED) is 0.878. The van der Waals surface area contributed by atoms with Crippen LogP contribution in [-0.4, -0.2) is 39.7 Å². The van der Waals surface area contributed by atoms with Gasteiger partial charge in [-0.2, -0.15) is 0 Å². The Morgan fingerprint density at radius 1 is 1.32 bits per heavy atom. The highest BCUT2D eigenvalue weighted by Crippen LogP contribution is 2.26. The monoisotopic (exact) mass is 320 g/mol. The van der Waals surface area contributed by atoms with Crippen molar-refractivity contribution in [3.8, 4) is 0 Å². The molecule has 0 saturated carbocycles. The highest BCUT2D eigenvalue weighted by Gasteiger charge is 2.34. The van der Waals surface area contributed by atoms with Gasteiger partial charge in [0.1, 0.15) is 0 Å². The van der Waals surface area contributed by atoms with E-state index in [1.165, 1.54) is 16.7 Å². The molecule has 1 aromatic rings. The number of nitrogens with one attached hydrogen (secondary N) is 1. The first-order chi connectivity index (χ1) is 8.97. The number of aliphatic carboxylic acids is 1. The number of thioether (sulfide) groups is 1. The number of carboxylic acid groups (broad SMARTS) is 1. The molecule has 8 heteroatoms. The van der Waals surface area contributed by atoms with E-state index >= 15 is 0 Å². The van der Waals surface area contributed by atoms with Crippen LogP contribution in [0.5, 0.6) is 0 Å². The minimum Gasteiger partial charge on any atom is -0.479 e. The minimum absolute atomic E-state index is 0.391. The van der Waals surface area contributed by atoms with E-state index in [-0.39, 0.29) is 0 Å². The van der Waals surface area contributed by atoms with Crippen molar-refractivity contribution < 1.29 is 14.7 Å². The summed E-state index contributed by atoms with van der Waals surface area (Å²) >= 11 is 12.9. The van der Waals surface area contributed by atoms with Gasteiger partial charge < -0.3 is 15.3 Å². The van der Waals surface area contributed by atoms with Crippen LogP contribution in [0.25, 0.3) is 0 Å². The summed E-state index contributed by atoms with van der Waals surface area (Å²) in [6.07, 6.45) is 0. The number of hydrogen-bond acceptors (Lipinski definition) is 3. The number of halogens is 2. The number of rotatable bonds is 2.